The second-order valence-corrected chi connectivity index (χ2v) is 5.64. The van der Waals surface area contributed by atoms with Crippen LogP contribution in [0.25, 0.3) is 5.69 Å². The van der Waals surface area contributed by atoms with Crippen molar-refractivity contribution in [1.82, 2.24) is 30.4 Å². The van der Waals surface area contributed by atoms with Crippen LogP contribution in [0, 0.1) is 12.7 Å². The lowest BCUT2D eigenvalue weighted by Crippen LogP contribution is -2.42. The summed E-state index contributed by atoms with van der Waals surface area (Å²) in [5.41, 5.74) is 0.629. The van der Waals surface area contributed by atoms with Gasteiger partial charge >= 0.3 is 6.03 Å². The Hall–Kier alpha value is -2.59. The molecule has 10 heteroatoms. The van der Waals surface area contributed by atoms with Crippen molar-refractivity contribution in [2.45, 2.75) is 6.92 Å². The van der Waals surface area contributed by atoms with E-state index in [0.29, 0.717) is 18.1 Å². The van der Waals surface area contributed by atoms with E-state index >= 15 is 0 Å². The first-order valence-corrected chi connectivity index (χ1v) is 8.03. The van der Waals surface area contributed by atoms with E-state index in [1.54, 1.807) is 6.92 Å². The number of ether oxygens (including phenoxy) is 1. The number of nitrogens with zero attached hydrogens (tertiary/aromatic N) is 5. The molecule has 0 radical (unpaired) electrons. The number of anilines is 1. The Kier molecular flexibility index (Phi) is 5.51. The summed E-state index contributed by atoms with van der Waals surface area (Å²) in [5, 5.41) is 16.4. The van der Waals surface area contributed by atoms with E-state index in [4.69, 9.17) is 4.74 Å². The lowest BCUT2D eigenvalue weighted by Gasteiger charge is -2.26. The van der Waals surface area contributed by atoms with Gasteiger partial charge < -0.3 is 15.4 Å². The summed E-state index contributed by atoms with van der Waals surface area (Å²) in [5.74, 6) is -0.0281. The van der Waals surface area contributed by atoms with E-state index in [1.165, 1.54) is 22.9 Å². The van der Waals surface area contributed by atoms with Crippen LogP contribution >= 0.6 is 0 Å². The second-order valence-electron chi connectivity index (χ2n) is 5.64. The van der Waals surface area contributed by atoms with Gasteiger partial charge in [0.05, 0.1) is 13.2 Å². The number of morpholine rings is 1. The summed E-state index contributed by atoms with van der Waals surface area (Å²) in [6.45, 7) is 6.13. The molecule has 9 nitrogen and oxygen atoms in total. The van der Waals surface area contributed by atoms with Crippen molar-refractivity contribution in [3.63, 3.8) is 0 Å². The lowest BCUT2D eigenvalue weighted by molar-refractivity contribution is 0.0388. The lowest BCUT2D eigenvalue weighted by atomic mass is 10.2. The predicted octanol–water partition coefficient (Wildman–Crippen LogP) is 0.564. The van der Waals surface area contributed by atoms with Gasteiger partial charge in [-0.05, 0) is 35.5 Å². The van der Waals surface area contributed by atoms with Crippen LogP contribution in [0.3, 0.4) is 0 Å². The van der Waals surface area contributed by atoms with Crippen molar-refractivity contribution < 1.29 is 13.9 Å². The topological polar surface area (TPSA) is 97.2 Å². The van der Waals surface area contributed by atoms with Crippen LogP contribution in [0.4, 0.5) is 14.9 Å². The third-order valence-electron chi connectivity index (χ3n) is 3.87. The summed E-state index contributed by atoms with van der Waals surface area (Å²) in [4.78, 5) is 14.2. The van der Waals surface area contributed by atoms with Crippen molar-refractivity contribution in [3.05, 3.63) is 29.8 Å². The standard InChI is InChI=1S/C15H20FN7O2/c1-11-19-20-21-23(11)14-10-12(2-3-13(14)16)18-15(24)17-4-5-22-6-8-25-9-7-22/h2-3,10H,4-9H2,1H3,(H2,17,18,24). The number of amides is 2. The molecular formula is C15H20FN7O2. The number of urea groups is 1. The molecule has 1 saturated heterocycles. The maximum absolute atomic E-state index is 14.0. The number of tetrazole rings is 1. The number of nitrogens with one attached hydrogen (secondary N) is 2. The van der Waals surface area contributed by atoms with E-state index in [9.17, 15) is 9.18 Å². The van der Waals surface area contributed by atoms with Gasteiger partial charge in [-0.15, -0.1) is 5.10 Å². The van der Waals surface area contributed by atoms with Gasteiger partial charge in [0.25, 0.3) is 0 Å². The molecule has 2 heterocycles. The van der Waals surface area contributed by atoms with Gasteiger partial charge in [-0.25, -0.2) is 9.18 Å². The Bertz CT molecular complexity index is 730. The van der Waals surface area contributed by atoms with E-state index in [-0.39, 0.29) is 11.7 Å². The molecule has 1 fully saturated rings. The first-order valence-electron chi connectivity index (χ1n) is 8.03. The first kappa shape index (κ1) is 17.2. The van der Waals surface area contributed by atoms with Crippen LogP contribution in [-0.2, 0) is 4.74 Å². The number of halogens is 1. The summed E-state index contributed by atoms with van der Waals surface area (Å²) >= 11 is 0. The smallest absolute Gasteiger partial charge is 0.319 e. The molecule has 2 amide bonds. The average Bonchev–Trinajstić information content (AvgIpc) is 3.03. The Morgan fingerprint density at radius 3 is 2.88 bits per heavy atom. The Labute approximate surface area is 144 Å². The van der Waals surface area contributed by atoms with Crippen LogP contribution in [0.15, 0.2) is 18.2 Å². The molecule has 0 bridgehead atoms. The zero-order chi connectivity index (χ0) is 17.6. The van der Waals surface area contributed by atoms with Gasteiger partial charge in [0, 0.05) is 31.9 Å². The largest absolute Gasteiger partial charge is 0.379 e. The third-order valence-corrected chi connectivity index (χ3v) is 3.87. The molecule has 25 heavy (non-hydrogen) atoms. The third kappa shape index (κ3) is 4.48. The summed E-state index contributed by atoms with van der Waals surface area (Å²) in [6, 6.07) is 3.89. The van der Waals surface area contributed by atoms with Gasteiger partial charge in [-0.1, -0.05) is 0 Å². The van der Waals surface area contributed by atoms with Gasteiger partial charge in [-0.2, -0.15) is 4.68 Å². The average molecular weight is 349 g/mol. The molecule has 1 aliphatic heterocycles. The first-order chi connectivity index (χ1) is 12.1. The minimum absolute atomic E-state index is 0.175. The molecule has 0 aliphatic carbocycles. The molecule has 1 aliphatic rings. The van der Waals surface area contributed by atoms with Crippen LogP contribution in [0.5, 0.6) is 0 Å². The van der Waals surface area contributed by atoms with Crippen molar-refractivity contribution in [2.24, 2.45) is 0 Å². The number of aromatic nitrogens is 4. The molecular weight excluding hydrogens is 329 g/mol. The highest BCUT2D eigenvalue weighted by Gasteiger charge is 2.13. The fourth-order valence-electron chi connectivity index (χ4n) is 2.53. The molecule has 1 aromatic heterocycles. The maximum atomic E-state index is 14.0. The molecule has 3 rings (SSSR count). The molecule has 2 aromatic rings. The molecule has 2 N–H and O–H groups in total. The van der Waals surface area contributed by atoms with Crippen LogP contribution in [-0.4, -0.2) is 70.5 Å². The predicted molar refractivity (Wildman–Crippen MR) is 88.1 cm³/mol. The molecule has 134 valence electrons. The van der Waals surface area contributed by atoms with E-state index in [2.05, 4.69) is 31.1 Å². The summed E-state index contributed by atoms with van der Waals surface area (Å²) < 4.78 is 20.6. The normalized spacial score (nSPS) is 15.1. The molecule has 1 aromatic carbocycles. The quantitative estimate of drug-likeness (QED) is 0.819. The number of carbonyl (C=O) groups excluding carboxylic acids is 1. The van der Waals surface area contributed by atoms with Crippen molar-refractivity contribution in [2.75, 3.05) is 44.7 Å². The number of aryl methyl sites for hydroxylation is 1. The van der Waals surface area contributed by atoms with Gasteiger partial charge in [0.1, 0.15) is 11.5 Å². The molecule has 0 saturated carbocycles. The van der Waals surface area contributed by atoms with Crippen molar-refractivity contribution in [1.29, 1.82) is 0 Å². The zero-order valence-electron chi connectivity index (χ0n) is 13.9. The fourth-order valence-corrected chi connectivity index (χ4v) is 2.53. The summed E-state index contributed by atoms with van der Waals surface area (Å²) in [7, 11) is 0. The van der Waals surface area contributed by atoms with Crippen LogP contribution in [0.2, 0.25) is 0 Å². The van der Waals surface area contributed by atoms with E-state index < -0.39 is 5.82 Å². The molecule has 0 unspecified atom stereocenters. The van der Waals surface area contributed by atoms with Gasteiger partial charge in [0.15, 0.2) is 5.82 Å². The second kappa shape index (κ2) is 7.99. The Morgan fingerprint density at radius 2 is 2.16 bits per heavy atom. The Morgan fingerprint density at radius 1 is 1.36 bits per heavy atom. The number of hydrogen-bond donors (Lipinski definition) is 2. The van der Waals surface area contributed by atoms with E-state index in [0.717, 1.165) is 32.8 Å². The highest BCUT2D eigenvalue weighted by molar-refractivity contribution is 5.89. The zero-order valence-corrected chi connectivity index (χ0v) is 13.9. The van der Waals surface area contributed by atoms with Gasteiger partial charge in [0.2, 0.25) is 0 Å². The SMILES string of the molecule is Cc1nnnn1-c1cc(NC(=O)NCCN2CCOCC2)ccc1F. The van der Waals surface area contributed by atoms with Crippen LogP contribution < -0.4 is 10.6 Å². The molecule has 0 spiro atoms. The van der Waals surface area contributed by atoms with Crippen molar-refractivity contribution >= 4 is 11.7 Å². The number of carbonyl (C=O) groups is 1. The number of hydrogen-bond acceptors (Lipinski definition) is 6. The van der Waals surface area contributed by atoms with E-state index in [1.807, 2.05) is 0 Å². The minimum Gasteiger partial charge on any atom is -0.379 e. The minimum atomic E-state index is -0.478. The van der Waals surface area contributed by atoms with Crippen LogP contribution in [0.1, 0.15) is 5.82 Å². The fraction of sp³-hybridized carbons (Fsp3) is 0.467. The van der Waals surface area contributed by atoms with Crippen molar-refractivity contribution in [3.8, 4) is 5.69 Å². The highest BCUT2D eigenvalue weighted by atomic mass is 19.1. The monoisotopic (exact) mass is 349 g/mol. The summed E-state index contributed by atoms with van der Waals surface area (Å²) in [6.07, 6.45) is 0. The molecule has 0 atom stereocenters. The number of benzene rings is 1. The Balaban J connectivity index is 1.55. The van der Waals surface area contributed by atoms with Gasteiger partial charge in [-0.3, -0.25) is 4.90 Å². The highest BCUT2D eigenvalue weighted by Crippen LogP contribution is 2.18. The number of rotatable bonds is 5. The maximum Gasteiger partial charge on any atom is 0.319 e.